The zero-order valence-corrected chi connectivity index (χ0v) is 12.6. The Balaban J connectivity index is 1.46. The fraction of sp³-hybridized carbons (Fsp3) is 0.500. The second-order valence-corrected chi connectivity index (χ2v) is 5.95. The number of aromatic nitrogens is 4. The molecule has 0 unspecified atom stereocenters. The first-order valence-electron chi connectivity index (χ1n) is 8.03. The Labute approximate surface area is 130 Å². The normalized spacial score (nSPS) is 20.2. The van der Waals surface area contributed by atoms with Gasteiger partial charge in [-0.05, 0) is 44.2 Å². The van der Waals surface area contributed by atoms with E-state index in [4.69, 9.17) is 0 Å². The maximum atomic E-state index is 4.44. The fourth-order valence-corrected chi connectivity index (χ4v) is 3.52. The van der Waals surface area contributed by atoms with Crippen molar-refractivity contribution in [3.8, 4) is 0 Å². The smallest absolute Gasteiger partial charge is 0.151 e. The number of nitrogens with zero attached hydrogens (tertiary/aromatic N) is 5. The lowest BCUT2D eigenvalue weighted by atomic mass is 10.2. The molecular formula is C16H20N6. The standard InChI is InChI=1S/C16H20N6/c1-5-13-14(6-1)18-11-19-16(13)17-10-12-4-3-9-22(12)15-7-2-8-20-21-15/h2,7-8,11-12H,1,3-6,9-10H2,(H,17,18,19)/t12-/m1/s1. The fourth-order valence-electron chi connectivity index (χ4n) is 3.52. The van der Waals surface area contributed by atoms with Crippen molar-refractivity contribution in [2.45, 2.75) is 38.1 Å². The summed E-state index contributed by atoms with van der Waals surface area (Å²) < 4.78 is 0. The summed E-state index contributed by atoms with van der Waals surface area (Å²) in [6.07, 6.45) is 9.15. The van der Waals surface area contributed by atoms with Crippen molar-refractivity contribution in [2.24, 2.45) is 0 Å². The molecule has 2 aromatic rings. The second kappa shape index (κ2) is 5.87. The van der Waals surface area contributed by atoms with Gasteiger partial charge in [-0.15, -0.1) is 5.10 Å². The van der Waals surface area contributed by atoms with Crippen molar-refractivity contribution in [3.63, 3.8) is 0 Å². The third kappa shape index (κ3) is 2.49. The first-order valence-corrected chi connectivity index (χ1v) is 8.03. The molecule has 4 rings (SSSR count). The first-order chi connectivity index (χ1) is 10.9. The minimum Gasteiger partial charge on any atom is -0.368 e. The van der Waals surface area contributed by atoms with Gasteiger partial charge in [-0.3, -0.25) is 0 Å². The van der Waals surface area contributed by atoms with E-state index in [1.165, 1.54) is 30.5 Å². The average Bonchev–Trinajstić information content (AvgIpc) is 3.23. The van der Waals surface area contributed by atoms with E-state index in [0.717, 1.165) is 37.6 Å². The van der Waals surface area contributed by atoms with Gasteiger partial charge in [-0.25, -0.2) is 9.97 Å². The zero-order valence-electron chi connectivity index (χ0n) is 12.6. The van der Waals surface area contributed by atoms with Gasteiger partial charge in [0.05, 0.1) is 0 Å². The molecule has 6 nitrogen and oxygen atoms in total. The van der Waals surface area contributed by atoms with Gasteiger partial charge in [0, 0.05) is 36.6 Å². The Morgan fingerprint density at radius 3 is 3.14 bits per heavy atom. The molecule has 0 spiro atoms. The molecule has 1 aliphatic heterocycles. The molecule has 1 fully saturated rings. The van der Waals surface area contributed by atoms with Crippen LogP contribution in [0.5, 0.6) is 0 Å². The zero-order chi connectivity index (χ0) is 14.8. The van der Waals surface area contributed by atoms with Gasteiger partial charge in [-0.1, -0.05) is 0 Å². The molecule has 0 bridgehead atoms. The van der Waals surface area contributed by atoms with E-state index in [-0.39, 0.29) is 0 Å². The number of hydrogen-bond donors (Lipinski definition) is 1. The highest BCUT2D eigenvalue weighted by molar-refractivity contribution is 5.49. The summed E-state index contributed by atoms with van der Waals surface area (Å²) in [4.78, 5) is 11.2. The largest absolute Gasteiger partial charge is 0.368 e. The number of fused-ring (bicyclic) bond motifs is 1. The Bertz CT molecular complexity index is 644. The quantitative estimate of drug-likeness (QED) is 0.928. The van der Waals surface area contributed by atoms with Gasteiger partial charge in [-0.2, -0.15) is 5.10 Å². The summed E-state index contributed by atoms with van der Waals surface area (Å²) >= 11 is 0. The number of anilines is 2. The van der Waals surface area contributed by atoms with E-state index in [1.54, 1.807) is 12.5 Å². The second-order valence-electron chi connectivity index (χ2n) is 5.95. The van der Waals surface area contributed by atoms with Crippen LogP contribution in [-0.2, 0) is 12.8 Å². The predicted molar refractivity (Wildman–Crippen MR) is 84.9 cm³/mol. The Hall–Kier alpha value is -2.24. The van der Waals surface area contributed by atoms with Crippen molar-refractivity contribution in [1.82, 2.24) is 20.2 Å². The molecule has 0 saturated carbocycles. The molecule has 114 valence electrons. The van der Waals surface area contributed by atoms with Crippen molar-refractivity contribution in [3.05, 3.63) is 35.9 Å². The summed E-state index contributed by atoms with van der Waals surface area (Å²) in [6, 6.07) is 4.43. The molecule has 1 N–H and O–H groups in total. The van der Waals surface area contributed by atoms with Crippen LogP contribution in [0.3, 0.4) is 0 Å². The average molecular weight is 296 g/mol. The molecular weight excluding hydrogens is 276 g/mol. The van der Waals surface area contributed by atoms with Crippen LogP contribution < -0.4 is 10.2 Å². The molecule has 0 radical (unpaired) electrons. The van der Waals surface area contributed by atoms with Gasteiger partial charge in [0.2, 0.25) is 0 Å². The molecule has 22 heavy (non-hydrogen) atoms. The topological polar surface area (TPSA) is 66.8 Å². The predicted octanol–water partition coefficient (Wildman–Crippen LogP) is 1.84. The lowest BCUT2D eigenvalue weighted by Crippen LogP contribution is -2.35. The monoisotopic (exact) mass is 296 g/mol. The van der Waals surface area contributed by atoms with Crippen molar-refractivity contribution >= 4 is 11.6 Å². The molecule has 2 aliphatic rings. The number of aryl methyl sites for hydroxylation is 1. The number of nitrogens with one attached hydrogen (secondary N) is 1. The highest BCUT2D eigenvalue weighted by atomic mass is 15.3. The first kappa shape index (κ1) is 13.4. The molecule has 0 amide bonds. The molecule has 2 aromatic heterocycles. The van der Waals surface area contributed by atoms with Crippen LogP contribution in [0.2, 0.25) is 0 Å². The molecule has 0 aromatic carbocycles. The van der Waals surface area contributed by atoms with Gasteiger partial charge in [0.25, 0.3) is 0 Å². The molecule has 1 saturated heterocycles. The van der Waals surface area contributed by atoms with E-state index in [2.05, 4.69) is 30.4 Å². The van der Waals surface area contributed by atoms with Crippen LogP contribution >= 0.6 is 0 Å². The van der Waals surface area contributed by atoms with Crippen LogP contribution in [0.25, 0.3) is 0 Å². The van der Waals surface area contributed by atoms with E-state index >= 15 is 0 Å². The molecule has 1 aliphatic carbocycles. The van der Waals surface area contributed by atoms with E-state index in [0.29, 0.717) is 6.04 Å². The number of rotatable bonds is 4. The lowest BCUT2D eigenvalue weighted by molar-refractivity contribution is 0.684. The highest BCUT2D eigenvalue weighted by Gasteiger charge is 2.26. The van der Waals surface area contributed by atoms with Crippen molar-refractivity contribution in [2.75, 3.05) is 23.3 Å². The molecule has 1 atom stereocenters. The summed E-state index contributed by atoms with van der Waals surface area (Å²) in [6.45, 7) is 1.94. The minimum absolute atomic E-state index is 0.448. The Kier molecular flexibility index (Phi) is 3.58. The van der Waals surface area contributed by atoms with Crippen LogP contribution in [0.1, 0.15) is 30.5 Å². The van der Waals surface area contributed by atoms with Gasteiger partial charge < -0.3 is 10.2 Å². The highest BCUT2D eigenvalue weighted by Crippen LogP contribution is 2.27. The van der Waals surface area contributed by atoms with E-state index < -0.39 is 0 Å². The van der Waals surface area contributed by atoms with E-state index in [1.807, 2.05) is 12.1 Å². The molecule has 3 heterocycles. The van der Waals surface area contributed by atoms with Crippen LogP contribution in [0.15, 0.2) is 24.7 Å². The summed E-state index contributed by atoms with van der Waals surface area (Å²) in [5, 5.41) is 11.8. The SMILES string of the molecule is c1cnnc(N2CCC[C@@H]2CNc2ncnc3c2CCC3)c1. The summed E-state index contributed by atoms with van der Waals surface area (Å²) in [7, 11) is 0. The lowest BCUT2D eigenvalue weighted by Gasteiger charge is -2.25. The van der Waals surface area contributed by atoms with Crippen LogP contribution in [-0.4, -0.2) is 39.3 Å². The van der Waals surface area contributed by atoms with Crippen LogP contribution in [0.4, 0.5) is 11.6 Å². The third-order valence-corrected chi connectivity index (χ3v) is 4.61. The Morgan fingerprint density at radius 1 is 1.23 bits per heavy atom. The summed E-state index contributed by atoms with van der Waals surface area (Å²) in [5.74, 6) is 1.99. The maximum absolute atomic E-state index is 4.44. The van der Waals surface area contributed by atoms with Gasteiger partial charge >= 0.3 is 0 Å². The molecule has 6 heteroatoms. The van der Waals surface area contributed by atoms with E-state index in [9.17, 15) is 0 Å². The van der Waals surface area contributed by atoms with Gasteiger partial charge in [0.15, 0.2) is 5.82 Å². The maximum Gasteiger partial charge on any atom is 0.151 e. The number of hydrogen-bond acceptors (Lipinski definition) is 6. The van der Waals surface area contributed by atoms with Crippen molar-refractivity contribution < 1.29 is 0 Å². The Morgan fingerprint density at radius 2 is 2.23 bits per heavy atom. The van der Waals surface area contributed by atoms with Gasteiger partial charge in [0.1, 0.15) is 12.1 Å². The van der Waals surface area contributed by atoms with Crippen molar-refractivity contribution in [1.29, 1.82) is 0 Å². The summed E-state index contributed by atoms with van der Waals surface area (Å²) in [5.41, 5.74) is 2.53. The van der Waals surface area contributed by atoms with Crippen LogP contribution in [0, 0.1) is 0 Å². The minimum atomic E-state index is 0.448. The third-order valence-electron chi connectivity index (χ3n) is 4.61.